The van der Waals surface area contributed by atoms with Crippen LogP contribution in [0.3, 0.4) is 0 Å². The maximum Gasteiger partial charge on any atom is 0.323 e. The van der Waals surface area contributed by atoms with Crippen molar-refractivity contribution in [3.05, 3.63) is 28.2 Å². The number of carboxylic acid groups (broad SMARTS) is 1. The molecular formula is C15H19BrN2O3. The number of nitrogens with one attached hydrogen (secondary N) is 1. The third kappa shape index (κ3) is 4.20. The summed E-state index contributed by atoms with van der Waals surface area (Å²) in [5.41, 5.74) is 1.64. The number of carboxylic acids is 1. The fraction of sp³-hybridized carbons (Fsp3) is 0.467. The molecule has 1 aromatic carbocycles. The lowest BCUT2D eigenvalue weighted by Crippen LogP contribution is -2.44. The molecule has 1 saturated carbocycles. The lowest BCUT2D eigenvalue weighted by Gasteiger charge is -2.27. The second-order valence-corrected chi connectivity index (χ2v) is 6.26. The van der Waals surface area contributed by atoms with E-state index in [2.05, 4.69) is 21.2 Å². The van der Waals surface area contributed by atoms with E-state index in [-0.39, 0.29) is 18.6 Å². The molecular weight excluding hydrogens is 336 g/mol. The lowest BCUT2D eigenvalue weighted by atomic mass is 10.2. The number of carbonyl (C=O) groups is 2. The molecule has 0 aromatic heterocycles. The quantitative estimate of drug-likeness (QED) is 0.867. The van der Waals surface area contributed by atoms with Crippen LogP contribution in [0.5, 0.6) is 0 Å². The Labute approximate surface area is 132 Å². The minimum Gasteiger partial charge on any atom is -0.480 e. The average molecular weight is 355 g/mol. The highest BCUT2D eigenvalue weighted by Gasteiger charge is 2.28. The number of anilines is 1. The van der Waals surface area contributed by atoms with Gasteiger partial charge in [-0.15, -0.1) is 0 Å². The summed E-state index contributed by atoms with van der Waals surface area (Å²) in [6, 6.07) is 5.25. The van der Waals surface area contributed by atoms with E-state index in [1.165, 1.54) is 4.90 Å². The Bertz CT molecular complexity index is 542. The van der Waals surface area contributed by atoms with Gasteiger partial charge < -0.3 is 15.3 Å². The standard InChI is InChI=1S/C15H19BrN2O3/c1-10-8-11(16)6-7-13(10)17-15(21)18(9-14(19)20)12-4-2-3-5-12/h6-8,12H,2-5,9H2,1H3,(H,17,21)(H,19,20). The van der Waals surface area contributed by atoms with Crippen molar-refractivity contribution in [2.45, 2.75) is 38.6 Å². The van der Waals surface area contributed by atoms with E-state index >= 15 is 0 Å². The first kappa shape index (κ1) is 15.8. The van der Waals surface area contributed by atoms with Gasteiger partial charge in [0.1, 0.15) is 6.54 Å². The number of carbonyl (C=O) groups excluding carboxylic acids is 1. The van der Waals surface area contributed by atoms with Crippen molar-refractivity contribution in [3.63, 3.8) is 0 Å². The summed E-state index contributed by atoms with van der Waals surface area (Å²) < 4.78 is 0.941. The number of hydrogen-bond acceptors (Lipinski definition) is 2. The Kier molecular flexibility index (Phi) is 5.22. The van der Waals surface area contributed by atoms with Gasteiger partial charge in [-0.05, 0) is 43.5 Å². The maximum absolute atomic E-state index is 12.4. The van der Waals surface area contributed by atoms with Crippen LogP contribution in [0.25, 0.3) is 0 Å². The molecule has 6 heteroatoms. The van der Waals surface area contributed by atoms with Crippen molar-refractivity contribution in [1.82, 2.24) is 4.90 Å². The number of halogens is 1. The van der Waals surface area contributed by atoms with Gasteiger partial charge in [-0.1, -0.05) is 28.8 Å². The number of aliphatic carboxylic acids is 1. The molecule has 2 rings (SSSR count). The van der Waals surface area contributed by atoms with Gasteiger partial charge in [-0.2, -0.15) is 0 Å². The average Bonchev–Trinajstić information content (AvgIpc) is 2.92. The van der Waals surface area contributed by atoms with E-state index in [1.807, 2.05) is 25.1 Å². The summed E-state index contributed by atoms with van der Waals surface area (Å²) in [7, 11) is 0. The number of urea groups is 1. The van der Waals surface area contributed by atoms with Crippen molar-refractivity contribution in [1.29, 1.82) is 0 Å². The molecule has 0 radical (unpaired) electrons. The van der Waals surface area contributed by atoms with Crippen LogP contribution < -0.4 is 5.32 Å². The van der Waals surface area contributed by atoms with Crippen molar-refractivity contribution in [2.75, 3.05) is 11.9 Å². The van der Waals surface area contributed by atoms with Gasteiger partial charge in [0.05, 0.1) is 0 Å². The van der Waals surface area contributed by atoms with Crippen molar-refractivity contribution < 1.29 is 14.7 Å². The molecule has 1 aliphatic rings. The molecule has 2 N–H and O–H groups in total. The smallest absolute Gasteiger partial charge is 0.323 e. The molecule has 0 saturated heterocycles. The van der Waals surface area contributed by atoms with E-state index in [0.29, 0.717) is 5.69 Å². The Balaban J connectivity index is 2.11. The minimum absolute atomic E-state index is 0.0249. The molecule has 21 heavy (non-hydrogen) atoms. The summed E-state index contributed by atoms with van der Waals surface area (Å²) in [5, 5.41) is 11.8. The van der Waals surface area contributed by atoms with Crippen LogP contribution in [0.1, 0.15) is 31.2 Å². The third-order valence-corrected chi connectivity index (χ3v) is 4.26. The summed E-state index contributed by atoms with van der Waals surface area (Å²) in [6.45, 7) is 1.64. The first-order chi connectivity index (χ1) is 9.97. The molecule has 0 heterocycles. The lowest BCUT2D eigenvalue weighted by molar-refractivity contribution is -0.138. The van der Waals surface area contributed by atoms with Crippen LogP contribution in [0.2, 0.25) is 0 Å². The predicted molar refractivity (Wildman–Crippen MR) is 84.5 cm³/mol. The summed E-state index contributed by atoms with van der Waals surface area (Å²) in [5.74, 6) is -0.982. The highest BCUT2D eigenvalue weighted by atomic mass is 79.9. The molecule has 1 fully saturated rings. The van der Waals surface area contributed by atoms with E-state index in [1.54, 1.807) is 0 Å². The minimum atomic E-state index is -0.982. The Morgan fingerprint density at radius 1 is 1.38 bits per heavy atom. The fourth-order valence-electron chi connectivity index (χ4n) is 2.68. The van der Waals surface area contributed by atoms with Crippen LogP contribution >= 0.6 is 15.9 Å². The van der Waals surface area contributed by atoms with Gasteiger partial charge in [0.25, 0.3) is 0 Å². The zero-order valence-corrected chi connectivity index (χ0v) is 13.5. The topological polar surface area (TPSA) is 69.6 Å². The normalized spacial score (nSPS) is 15.0. The number of benzene rings is 1. The van der Waals surface area contributed by atoms with Crippen LogP contribution in [0.15, 0.2) is 22.7 Å². The van der Waals surface area contributed by atoms with Crippen molar-refractivity contribution in [2.24, 2.45) is 0 Å². The highest BCUT2D eigenvalue weighted by Crippen LogP contribution is 2.25. The zero-order chi connectivity index (χ0) is 15.4. The fourth-order valence-corrected chi connectivity index (χ4v) is 3.16. The third-order valence-electron chi connectivity index (χ3n) is 3.76. The second kappa shape index (κ2) is 6.93. The van der Waals surface area contributed by atoms with Gasteiger partial charge >= 0.3 is 12.0 Å². The van der Waals surface area contributed by atoms with Gasteiger partial charge in [0.2, 0.25) is 0 Å². The molecule has 114 valence electrons. The largest absolute Gasteiger partial charge is 0.480 e. The maximum atomic E-state index is 12.4. The molecule has 0 bridgehead atoms. The summed E-state index contributed by atoms with van der Waals surface area (Å²) in [6.07, 6.45) is 3.84. The van der Waals surface area contributed by atoms with E-state index in [4.69, 9.17) is 5.11 Å². The number of nitrogens with zero attached hydrogens (tertiary/aromatic N) is 1. The van der Waals surface area contributed by atoms with E-state index < -0.39 is 5.97 Å². The van der Waals surface area contributed by atoms with Crippen LogP contribution in [-0.2, 0) is 4.79 Å². The Morgan fingerprint density at radius 3 is 2.62 bits per heavy atom. The van der Waals surface area contributed by atoms with E-state index in [9.17, 15) is 9.59 Å². The molecule has 5 nitrogen and oxygen atoms in total. The Morgan fingerprint density at radius 2 is 2.05 bits per heavy atom. The second-order valence-electron chi connectivity index (χ2n) is 5.35. The SMILES string of the molecule is Cc1cc(Br)ccc1NC(=O)N(CC(=O)O)C1CCCC1. The molecule has 0 unspecified atom stereocenters. The van der Waals surface area contributed by atoms with Crippen LogP contribution in [0, 0.1) is 6.92 Å². The number of hydrogen-bond donors (Lipinski definition) is 2. The summed E-state index contributed by atoms with van der Waals surface area (Å²) >= 11 is 3.38. The monoisotopic (exact) mass is 354 g/mol. The molecule has 0 spiro atoms. The van der Waals surface area contributed by atoms with Crippen molar-refractivity contribution in [3.8, 4) is 0 Å². The van der Waals surface area contributed by atoms with Crippen LogP contribution in [0.4, 0.5) is 10.5 Å². The van der Waals surface area contributed by atoms with Gasteiger partial charge in [0, 0.05) is 16.2 Å². The first-order valence-electron chi connectivity index (χ1n) is 7.03. The molecule has 1 aromatic rings. The molecule has 0 aliphatic heterocycles. The summed E-state index contributed by atoms with van der Waals surface area (Å²) in [4.78, 5) is 24.9. The van der Waals surface area contributed by atoms with Gasteiger partial charge in [-0.25, -0.2) is 4.79 Å². The van der Waals surface area contributed by atoms with Gasteiger partial charge in [-0.3, -0.25) is 4.79 Å². The number of amides is 2. The predicted octanol–water partition coefficient (Wildman–Crippen LogP) is 3.62. The van der Waals surface area contributed by atoms with Gasteiger partial charge in [0.15, 0.2) is 0 Å². The highest BCUT2D eigenvalue weighted by molar-refractivity contribution is 9.10. The number of rotatable bonds is 4. The van der Waals surface area contributed by atoms with Crippen LogP contribution in [-0.4, -0.2) is 34.6 Å². The molecule has 2 amide bonds. The molecule has 1 aliphatic carbocycles. The number of aryl methyl sites for hydroxylation is 1. The van der Waals surface area contributed by atoms with Crippen molar-refractivity contribution >= 4 is 33.6 Å². The first-order valence-corrected chi connectivity index (χ1v) is 7.82. The zero-order valence-electron chi connectivity index (χ0n) is 11.9. The van der Waals surface area contributed by atoms with E-state index in [0.717, 1.165) is 35.7 Å². The molecule has 0 atom stereocenters. The Hall–Kier alpha value is -1.56.